The predicted molar refractivity (Wildman–Crippen MR) is 78.9 cm³/mol. The Hall–Kier alpha value is -0.510. The maximum absolute atomic E-state index is 3.43. The van der Waals surface area contributed by atoms with E-state index >= 15 is 0 Å². The Bertz CT molecular complexity index is 363. The van der Waals surface area contributed by atoms with Crippen molar-refractivity contribution in [3.05, 3.63) is 35.4 Å². The van der Waals surface area contributed by atoms with Gasteiger partial charge in [0.2, 0.25) is 0 Å². The fourth-order valence-corrected chi connectivity index (χ4v) is 4.14. The summed E-state index contributed by atoms with van der Waals surface area (Å²) in [6, 6.07) is 8.86. The second-order valence-corrected chi connectivity index (χ2v) is 6.71. The number of fused-ring (bicyclic) bond motifs is 1. The maximum Gasteiger partial charge on any atom is 0.0240 e. The number of nitrogens with zero attached hydrogens (tertiary/aromatic N) is 1. The van der Waals surface area contributed by atoms with Gasteiger partial charge >= 0.3 is 0 Å². The summed E-state index contributed by atoms with van der Waals surface area (Å²) in [7, 11) is 0. The Balaban J connectivity index is 1.40. The first kappa shape index (κ1) is 12.5. The van der Waals surface area contributed by atoms with Crippen molar-refractivity contribution in [1.82, 2.24) is 10.2 Å². The van der Waals surface area contributed by atoms with Crippen LogP contribution in [-0.2, 0) is 13.1 Å². The number of hydrogen-bond acceptors (Lipinski definition) is 3. The number of nitrogens with one attached hydrogen (secondary N) is 1. The summed E-state index contributed by atoms with van der Waals surface area (Å²) in [5.41, 5.74) is 3.06. The van der Waals surface area contributed by atoms with Crippen molar-refractivity contribution in [2.24, 2.45) is 0 Å². The molecular formula is C15H22N2S. The molecule has 3 heteroatoms. The average Bonchev–Trinajstić information content (AvgIpc) is 2.82. The number of piperidine rings is 1. The van der Waals surface area contributed by atoms with Gasteiger partial charge in [-0.2, -0.15) is 11.8 Å². The van der Waals surface area contributed by atoms with Crippen LogP contribution in [0.4, 0.5) is 0 Å². The molecule has 0 saturated carbocycles. The topological polar surface area (TPSA) is 15.3 Å². The standard InChI is InChI=1S/C15H22N2S/c1-2-4-14-12-17(11-13(14)3-1)9-10-18-15-5-7-16-8-6-15/h1-4,15-16H,5-12H2. The van der Waals surface area contributed by atoms with Crippen LogP contribution < -0.4 is 5.32 Å². The van der Waals surface area contributed by atoms with Crippen molar-refractivity contribution in [2.75, 3.05) is 25.4 Å². The zero-order valence-corrected chi connectivity index (χ0v) is 11.7. The largest absolute Gasteiger partial charge is 0.317 e. The van der Waals surface area contributed by atoms with Crippen molar-refractivity contribution in [2.45, 2.75) is 31.2 Å². The fourth-order valence-electron chi connectivity index (χ4n) is 2.87. The first-order valence-electron chi connectivity index (χ1n) is 7.03. The van der Waals surface area contributed by atoms with Crippen molar-refractivity contribution in [3.8, 4) is 0 Å². The highest BCUT2D eigenvalue weighted by atomic mass is 32.2. The van der Waals surface area contributed by atoms with E-state index in [-0.39, 0.29) is 0 Å². The lowest BCUT2D eigenvalue weighted by Crippen LogP contribution is -2.30. The lowest BCUT2D eigenvalue weighted by atomic mass is 10.1. The Kier molecular flexibility index (Phi) is 4.24. The number of thioether (sulfide) groups is 1. The first-order valence-corrected chi connectivity index (χ1v) is 8.08. The van der Waals surface area contributed by atoms with Crippen molar-refractivity contribution in [3.63, 3.8) is 0 Å². The summed E-state index contributed by atoms with van der Waals surface area (Å²) in [6.45, 7) is 5.98. The maximum atomic E-state index is 3.43. The van der Waals surface area contributed by atoms with Crippen LogP contribution in [0.5, 0.6) is 0 Å². The summed E-state index contributed by atoms with van der Waals surface area (Å²) in [6.07, 6.45) is 2.70. The van der Waals surface area contributed by atoms with Crippen LogP contribution in [0.1, 0.15) is 24.0 Å². The Labute approximate surface area is 114 Å². The molecule has 1 fully saturated rings. The second-order valence-electron chi connectivity index (χ2n) is 5.30. The van der Waals surface area contributed by atoms with Crippen molar-refractivity contribution >= 4 is 11.8 Å². The van der Waals surface area contributed by atoms with E-state index < -0.39 is 0 Å². The van der Waals surface area contributed by atoms with Crippen LogP contribution in [0, 0.1) is 0 Å². The molecule has 2 aliphatic heterocycles. The Morgan fingerprint density at radius 3 is 2.44 bits per heavy atom. The quantitative estimate of drug-likeness (QED) is 0.897. The van der Waals surface area contributed by atoms with Gasteiger partial charge in [0.15, 0.2) is 0 Å². The van der Waals surface area contributed by atoms with E-state index in [1.165, 1.54) is 49.4 Å². The minimum Gasteiger partial charge on any atom is -0.317 e. The molecule has 1 saturated heterocycles. The van der Waals surface area contributed by atoms with Crippen LogP contribution in [0.15, 0.2) is 24.3 Å². The van der Waals surface area contributed by atoms with Gasteiger partial charge in [0.05, 0.1) is 0 Å². The predicted octanol–water partition coefficient (Wildman–Crippen LogP) is 2.49. The molecule has 0 aliphatic carbocycles. The van der Waals surface area contributed by atoms with E-state index in [1.807, 2.05) is 0 Å². The molecule has 0 radical (unpaired) electrons. The average molecular weight is 262 g/mol. The molecule has 1 aromatic rings. The summed E-state index contributed by atoms with van der Waals surface area (Å²) in [4.78, 5) is 2.58. The lowest BCUT2D eigenvalue weighted by Gasteiger charge is -2.23. The van der Waals surface area contributed by atoms with Crippen LogP contribution in [0.25, 0.3) is 0 Å². The Morgan fingerprint density at radius 1 is 1.11 bits per heavy atom. The summed E-state index contributed by atoms with van der Waals surface area (Å²) < 4.78 is 0. The van der Waals surface area contributed by atoms with Crippen LogP contribution >= 0.6 is 11.8 Å². The van der Waals surface area contributed by atoms with Gasteiger partial charge in [0, 0.05) is 30.6 Å². The third-order valence-corrected chi connectivity index (χ3v) is 5.31. The van der Waals surface area contributed by atoms with Gasteiger partial charge in [-0.25, -0.2) is 0 Å². The zero-order chi connectivity index (χ0) is 12.2. The van der Waals surface area contributed by atoms with E-state index in [9.17, 15) is 0 Å². The van der Waals surface area contributed by atoms with Gasteiger partial charge in [-0.15, -0.1) is 0 Å². The minimum atomic E-state index is 0.899. The highest BCUT2D eigenvalue weighted by Gasteiger charge is 2.18. The van der Waals surface area contributed by atoms with E-state index in [0.29, 0.717) is 0 Å². The molecule has 0 bridgehead atoms. The molecule has 0 atom stereocenters. The van der Waals surface area contributed by atoms with Gasteiger partial charge in [0.1, 0.15) is 0 Å². The van der Waals surface area contributed by atoms with Gasteiger partial charge in [-0.1, -0.05) is 24.3 Å². The molecule has 1 aromatic carbocycles. The summed E-state index contributed by atoms with van der Waals surface area (Å²) in [5, 5.41) is 4.33. The molecule has 1 N–H and O–H groups in total. The third kappa shape index (κ3) is 3.08. The molecule has 0 amide bonds. The monoisotopic (exact) mass is 262 g/mol. The second kappa shape index (κ2) is 6.09. The SMILES string of the molecule is c1ccc2c(c1)CN(CCSC1CCNCC1)C2. The lowest BCUT2D eigenvalue weighted by molar-refractivity contribution is 0.303. The van der Waals surface area contributed by atoms with Crippen LogP contribution in [0.3, 0.4) is 0 Å². The number of rotatable bonds is 4. The van der Waals surface area contributed by atoms with Crippen molar-refractivity contribution in [1.29, 1.82) is 0 Å². The summed E-state index contributed by atoms with van der Waals surface area (Å²) in [5.74, 6) is 1.29. The fraction of sp³-hybridized carbons (Fsp3) is 0.600. The van der Waals surface area contributed by atoms with Crippen molar-refractivity contribution < 1.29 is 0 Å². The third-order valence-electron chi connectivity index (χ3n) is 3.95. The highest BCUT2D eigenvalue weighted by molar-refractivity contribution is 7.99. The van der Waals surface area contributed by atoms with Gasteiger partial charge in [-0.3, -0.25) is 4.90 Å². The molecule has 18 heavy (non-hydrogen) atoms. The van der Waals surface area contributed by atoms with Crippen LogP contribution in [0.2, 0.25) is 0 Å². The van der Waals surface area contributed by atoms with E-state index in [4.69, 9.17) is 0 Å². The molecule has 0 spiro atoms. The number of hydrogen-bond donors (Lipinski definition) is 1. The van der Waals surface area contributed by atoms with E-state index in [1.54, 1.807) is 0 Å². The molecular weight excluding hydrogens is 240 g/mol. The van der Waals surface area contributed by atoms with Gasteiger partial charge in [-0.05, 0) is 37.1 Å². The van der Waals surface area contributed by atoms with E-state index in [2.05, 4.69) is 46.2 Å². The highest BCUT2D eigenvalue weighted by Crippen LogP contribution is 2.24. The molecule has 3 rings (SSSR count). The molecule has 0 unspecified atom stereocenters. The minimum absolute atomic E-state index is 0.899. The smallest absolute Gasteiger partial charge is 0.0240 e. The molecule has 2 nitrogen and oxygen atoms in total. The van der Waals surface area contributed by atoms with E-state index in [0.717, 1.165) is 18.3 Å². The molecule has 2 heterocycles. The molecule has 2 aliphatic rings. The van der Waals surface area contributed by atoms with Gasteiger partial charge in [0.25, 0.3) is 0 Å². The molecule has 0 aromatic heterocycles. The zero-order valence-electron chi connectivity index (χ0n) is 10.9. The summed E-state index contributed by atoms with van der Waals surface area (Å²) >= 11 is 2.18. The first-order chi connectivity index (χ1) is 8.92. The normalized spacial score (nSPS) is 21.1. The van der Waals surface area contributed by atoms with Crippen LogP contribution in [-0.4, -0.2) is 35.5 Å². The van der Waals surface area contributed by atoms with Gasteiger partial charge < -0.3 is 5.32 Å². The molecule has 98 valence electrons. The Morgan fingerprint density at radius 2 is 1.78 bits per heavy atom. The number of benzene rings is 1.